The van der Waals surface area contributed by atoms with Crippen LogP contribution in [0.25, 0.3) is 0 Å². The van der Waals surface area contributed by atoms with Gasteiger partial charge < -0.3 is 10.4 Å². The zero-order valence-electron chi connectivity index (χ0n) is 12.1. The first-order valence-electron chi connectivity index (χ1n) is 6.99. The number of carboxylic acids is 1. The van der Waals surface area contributed by atoms with Gasteiger partial charge in [-0.2, -0.15) is 0 Å². The molecule has 0 unspecified atom stereocenters. The fraction of sp³-hybridized carbons (Fsp3) is 0.562. The molecule has 0 amide bonds. The molecule has 3 heteroatoms. The van der Waals surface area contributed by atoms with Crippen molar-refractivity contribution in [2.75, 3.05) is 6.54 Å². The first-order valence-corrected chi connectivity index (χ1v) is 6.99. The van der Waals surface area contributed by atoms with Gasteiger partial charge in [-0.15, -0.1) is 0 Å². The van der Waals surface area contributed by atoms with Gasteiger partial charge in [0.15, 0.2) is 0 Å². The van der Waals surface area contributed by atoms with Crippen LogP contribution in [0.1, 0.15) is 45.2 Å². The average molecular weight is 263 g/mol. The van der Waals surface area contributed by atoms with Gasteiger partial charge in [-0.25, -0.2) is 0 Å². The van der Waals surface area contributed by atoms with Crippen LogP contribution in [0.2, 0.25) is 0 Å². The molecule has 1 aromatic rings. The molecule has 0 fully saturated rings. The lowest BCUT2D eigenvalue weighted by molar-refractivity contribution is -0.138. The van der Waals surface area contributed by atoms with E-state index in [-0.39, 0.29) is 18.4 Å². The Kier molecular flexibility index (Phi) is 6.57. The maximum absolute atomic E-state index is 10.9. The fourth-order valence-electron chi connectivity index (χ4n) is 2.36. The zero-order chi connectivity index (χ0) is 14.3. The summed E-state index contributed by atoms with van der Waals surface area (Å²) in [6, 6.07) is 10.5. The number of carboxylic acid groups (broad SMARTS) is 1. The highest BCUT2D eigenvalue weighted by Crippen LogP contribution is 2.17. The second-order valence-corrected chi connectivity index (χ2v) is 5.63. The van der Waals surface area contributed by atoms with Gasteiger partial charge in [0.25, 0.3) is 0 Å². The predicted molar refractivity (Wildman–Crippen MR) is 78.1 cm³/mol. The molecule has 0 bridgehead atoms. The minimum atomic E-state index is -0.709. The van der Waals surface area contributed by atoms with E-state index in [1.165, 1.54) is 5.56 Å². The van der Waals surface area contributed by atoms with E-state index in [4.69, 9.17) is 5.11 Å². The highest BCUT2D eigenvalue weighted by molar-refractivity contribution is 5.67. The minimum Gasteiger partial charge on any atom is -0.481 e. The maximum atomic E-state index is 10.9. The van der Waals surface area contributed by atoms with Crippen LogP contribution < -0.4 is 5.32 Å². The molecule has 0 radical (unpaired) electrons. The summed E-state index contributed by atoms with van der Waals surface area (Å²) in [4.78, 5) is 10.9. The van der Waals surface area contributed by atoms with Crippen molar-refractivity contribution in [3.05, 3.63) is 35.9 Å². The largest absolute Gasteiger partial charge is 0.481 e. The van der Waals surface area contributed by atoms with Crippen molar-refractivity contribution in [3.63, 3.8) is 0 Å². The molecule has 0 heterocycles. The van der Waals surface area contributed by atoms with E-state index in [1.54, 1.807) is 0 Å². The Labute approximate surface area is 116 Å². The maximum Gasteiger partial charge on any atom is 0.303 e. The summed E-state index contributed by atoms with van der Waals surface area (Å²) in [5.74, 6) is 0.0154. The fourth-order valence-corrected chi connectivity index (χ4v) is 2.36. The van der Waals surface area contributed by atoms with Crippen LogP contribution in [0.15, 0.2) is 30.3 Å². The highest BCUT2D eigenvalue weighted by Gasteiger charge is 2.16. The molecular weight excluding hydrogens is 238 g/mol. The number of hydrogen-bond acceptors (Lipinski definition) is 2. The van der Waals surface area contributed by atoms with Crippen molar-refractivity contribution in [2.45, 2.75) is 39.7 Å². The molecule has 0 aliphatic heterocycles. The smallest absolute Gasteiger partial charge is 0.303 e. The second-order valence-electron chi connectivity index (χ2n) is 5.63. The summed E-state index contributed by atoms with van der Waals surface area (Å²) in [6.07, 6.45) is 1.19. The number of aliphatic carboxylic acids is 1. The van der Waals surface area contributed by atoms with E-state index >= 15 is 0 Å². The summed E-state index contributed by atoms with van der Waals surface area (Å²) >= 11 is 0. The highest BCUT2D eigenvalue weighted by atomic mass is 16.4. The van der Waals surface area contributed by atoms with Crippen LogP contribution in [-0.2, 0) is 4.79 Å². The van der Waals surface area contributed by atoms with Crippen LogP contribution in [-0.4, -0.2) is 17.6 Å². The van der Waals surface area contributed by atoms with Gasteiger partial charge in [0.2, 0.25) is 0 Å². The standard InChI is InChI=1S/C16H25NO2/c1-12(2)9-14(10-16(18)19)11-17-13(3)15-7-5-4-6-8-15/h4-8,12-14,17H,9-11H2,1-3H3,(H,18,19)/t13-,14+/m0/s1. The van der Waals surface area contributed by atoms with Crippen LogP contribution in [0.5, 0.6) is 0 Å². The molecule has 0 saturated carbocycles. The molecule has 2 N–H and O–H groups in total. The van der Waals surface area contributed by atoms with Crippen molar-refractivity contribution in [2.24, 2.45) is 11.8 Å². The Bertz CT molecular complexity index is 376. The predicted octanol–water partition coefficient (Wildman–Crippen LogP) is 3.47. The van der Waals surface area contributed by atoms with Crippen LogP contribution >= 0.6 is 0 Å². The number of nitrogens with one attached hydrogen (secondary N) is 1. The number of benzene rings is 1. The van der Waals surface area contributed by atoms with E-state index in [0.717, 1.165) is 13.0 Å². The minimum absolute atomic E-state index is 0.198. The van der Waals surface area contributed by atoms with E-state index in [9.17, 15) is 4.79 Å². The van der Waals surface area contributed by atoms with Crippen LogP contribution in [0.4, 0.5) is 0 Å². The summed E-state index contributed by atoms with van der Waals surface area (Å²) in [5, 5.41) is 12.4. The lowest BCUT2D eigenvalue weighted by atomic mass is 9.93. The normalized spacial score (nSPS) is 14.3. The summed E-state index contributed by atoms with van der Waals surface area (Å²) in [6.45, 7) is 7.13. The molecule has 0 saturated heterocycles. The van der Waals surface area contributed by atoms with Gasteiger partial charge >= 0.3 is 5.97 Å². The second kappa shape index (κ2) is 7.95. The van der Waals surface area contributed by atoms with Crippen LogP contribution in [0.3, 0.4) is 0 Å². The van der Waals surface area contributed by atoms with Crippen molar-refractivity contribution in [1.29, 1.82) is 0 Å². The Morgan fingerprint density at radius 1 is 1.21 bits per heavy atom. The molecule has 0 aliphatic rings. The molecule has 1 aromatic carbocycles. The third-order valence-corrected chi connectivity index (χ3v) is 3.28. The quantitative estimate of drug-likeness (QED) is 0.755. The first kappa shape index (κ1) is 15.7. The summed E-state index contributed by atoms with van der Waals surface area (Å²) in [7, 11) is 0. The molecule has 1 rings (SSSR count). The molecular formula is C16H25NO2. The number of rotatable bonds is 8. The van der Waals surface area contributed by atoms with Crippen molar-refractivity contribution >= 4 is 5.97 Å². The van der Waals surface area contributed by atoms with Gasteiger partial charge in [0.1, 0.15) is 0 Å². The molecule has 106 valence electrons. The van der Waals surface area contributed by atoms with Crippen molar-refractivity contribution in [3.8, 4) is 0 Å². The van der Waals surface area contributed by atoms with Gasteiger partial charge in [-0.05, 0) is 37.3 Å². The zero-order valence-corrected chi connectivity index (χ0v) is 12.1. The number of carbonyl (C=O) groups is 1. The van der Waals surface area contributed by atoms with Gasteiger partial charge in [0, 0.05) is 12.5 Å². The van der Waals surface area contributed by atoms with E-state index in [0.29, 0.717) is 5.92 Å². The molecule has 0 spiro atoms. The third-order valence-electron chi connectivity index (χ3n) is 3.28. The SMILES string of the molecule is CC(C)C[C@@H](CN[C@@H](C)c1ccccc1)CC(=O)O. The van der Waals surface area contributed by atoms with Crippen LogP contribution in [0, 0.1) is 11.8 Å². The first-order chi connectivity index (χ1) is 8.99. The summed E-state index contributed by atoms with van der Waals surface area (Å²) in [5.41, 5.74) is 1.24. The Morgan fingerprint density at radius 2 is 1.84 bits per heavy atom. The lowest BCUT2D eigenvalue weighted by Gasteiger charge is -2.21. The topological polar surface area (TPSA) is 49.3 Å². The number of hydrogen-bond donors (Lipinski definition) is 2. The third kappa shape index (κ3) is 6.39. The van der Waals surface area contributed by atoms with Gasteiger partial charge in [-0.3, -0.25) is 4.79 Å². The molecule has 0 aromatic heterocycles. The Balaban J connectivity index is 2.48. The molecule has 2 atom stereocenters. The lowest BCUT2D eigenvalue weighted by Crippen LogP contribution is -2.28. The van der Waals surface area contributed by atoms with E-state index in [2.05, 4.69) is 38.2 Å². The Morgan fingerprint density at radius 3 is 2.37 bits per heavy atom. The van der Waals surface area contributed by atoms with Gasteiger partial charge in [-0.1, -0.05) is 44.2 Å². The molecule has 3 nitrogen and oxygen atoms in total. The molecule has 0 aliphatic carbocycles. The van der Waals surface area contributed by atoms with E-state index in [1.807, 2.05) is 18.2 Å². The Hall–Kier alpha value is -1.35. The average Bonchev–Trinajstić information content (AvgIpc) is 2.35. The van der Waals surface area contributed by atoms with Crippen molar-refractivity contribution in [1.82, 2.24) is 5.32 Å². The van der Waals surface area contributed by atoms with E-state index < -0.39 is 5.97 Å². The monoisotopic (exact) mass is 263 g/mol. The van der Waals surface area contributed by atoms with Crippen molar-refractivity contribution < 1.29 is 9.90 Å². The summed E-state index contributed by atoms with van der Waals surface area (Å²) < 4.78 is 0. The molecule has 19 heavy (non-hydrogen) atoms. The van der Waals surface area contributed by atoms with Gasteiger partial charge in [0.05, 0.1) is 0 Å².